The topological polar surface area (TPSA) is 81.5 Å². The van der Waals surface area contributed by atoms with E-state index < -0.39 is 5.97 Å². The van der Waals surface area contributed by atoms with Crippen molar-refractivity contribution in [1.82, 2.24) is 14.7 Å². The van der Waals surface area contributed by atoms with Crippen LogP contribution in [0.3, 0.4) is 0 Å². The van der Waals surface area contributed by atoms with E-state index in [1.807, 2.05) is 0 Å². The Morgan fingerprint density at radius 3 is 2.67 bits per heavy atom. The molecule has 1 aromatic rings. The molecule has 2 amide bonds. The molecule has 1 aliphatic heterocycles. The average Bonchev–Trinajstić information content (AvgIpc) is 2.94. The summed E-state index contributed by atoms with van der Waals surface area (Å²) >= 11 is 0. The normalized spacial score (nSPS) is 15.2. The van der Waals surface area contributed by atoms with Crippen molar-refractivity contribution in [3.8, 4) is 0 Å². The molecule has 1 aliphatic rings. The van der Waals surface area contributed by atoms with Gasteiger partial charge in [-0.3, -0.25) is 24.0 Å². The summed E-state index contributed by atoms with van der Waals surface area (Å²) < 4.78 is 6.55. The second kappa shape index (κ2) is 5.44. The van der Waals surface area contributed by atoms with Gasteiger partial charge in [-0.1, -0.05) is 0 Å². The van der Waals surface area contributed by atoms with Crippen LogP contribution in [0.4, 0.5) is 0 Å². The van der Waals surface area contributed by atoms with Gasteiger partial charge in [-0.2, -0.15) is 5.10 Å². The summed E-state index contributed by atoms with van der Waals surface area (Å²) in [4.78, 5) is 34.9. The van der Waals surface area contributed by atoms with Crippen molar-refractivity contribution in [1.29, 1.82) is 0 Å². The highest BCUT2D eigenvalue weighted by Gasteiger charge is 2.30. The average molecular weight is 251 g/mol. The molecule has 7 nitrogen and oxygen atoms in total. The van der Waals surface area contributed by atoms with Gasteiger partial charge in [-0.25, -0.2) is 0 Å². The van der Waals surface area contributed by atoms with Gasteiger partial charge in [-0.05, 0) is 6.07 Å². The molecule has 1 fully saturated rings. The third kappa shape index (κ3) is 2.93. The Morgan fingerprint density at radius 2 is 2.06 bits per heavy atom. The molecule has 7 heteroatoms. The standard InChI is InChI=1S/C11H13N3O4/c15-9-2-3-10(16)14(9)8-11(17)18-7-6-13-5-1-4-12-13/h1,4-5H,2-3,6-8H2. The Balaban J connectivity index is 1.72. The minimum atomic E-state index is -0.578. The lowest BCUT2D eigenvalue weighted by molar-refractivity contribution is -0.152. The zero-order chi connectivity index (χ0) is 13.0. The number of amides is 2. The van der Waals surface area contributed by atoms with E-state index in [0.29, 0.717) is 6.54 Å². The highest BCUT2D eigenvalue weighted by molar-refractivity contribution is 6.04. The van der Waals surface area contributed by atoms with E-state index in [0.717, 1.165) is 4.90 Å². The summed E-state index contributed by atoms with van der Waals surface area (Å²) in [6, 6.07) is 1.77. The summed E-state index contributed by atoms with van der Waals surface area (Å²) in [6.45, 7) is 0.314. The van der Waals surface area contributed by atoms with Crippen LogP contribution in [0.25, 0.3) is 0 Å². The van der Waals surface area contributed by atoms with Crippen LogP contribution in [0.15, 0.2) is 18.5 Å². The largest absolute Gasteiger partial charge is 0.462 e. The maximum Gasteiger partial charge on any atom is 0.326 e. The Morgan fingerprint density at radius 1 is 1.33 bits per heavy atom. The lowest BCUT2D eigenvalue weighted by Gasteiger charge is -2.12. The predicted octanol–water partition coefficient (Wildman–Crippen LogP) is -0.425. The van der Waals surface area contributed by atoms with Gasteiger partial charge in [0.05, 0.1) is 6.54 Å². The maximum absolute atomic E-state index is 11.4. The fraction of sp³-hybridized carbons (Fsp3) is 0.455. The monoisotopic (exact) mass is 251 g/mol. The quantitative estimate of drug-likeness (QED) is 0.524. The number of carbonyl (C=O) groups excluding carboxylic acids is 3. The van der Waals surface area contributed by atoms with E-state index in [2.05, 4.69) is 5.10 Å². The van der Waals surface area contributed by atoms with Gasteiger partial charge in [0.25, 0.3) is 0 Å². The van der Waals surface area contributed by atoms with Crippen LogP contribution < -0.4 is 0 Å². The summed E-state index contributed by atoms with van der Waals surface area (Å²) in [5, 5.41) is 3.95. The highest BCUT2D eigenvalue weighted by atomic mass is 16.5. The lowest BCUT2D eigenvalue weighted by atomic mass is 10.4. The van der Waals surface area contributed by atoms with Gasteiger partial charge in [-0.15, -0.1) is 0 Å². The third-order valence-corrected chi connectivity index (χ3v) is 2.58. The first kappa shape index (κ1) is 12.3. The molecule has 1 saturated heterocycles. The number of hydrogen-bond donors (Lipinski definition) is 0. The summed E-state index contributed by atoms with van der Waals surface area (Å²) in [5.41, 5.74) is 0. The number of esters is 1. The first-order valence-corrected chi connectivity index (χ1v) is 5.63. The van der Waals surface area contributed by atoms with Crippen LogP contribution in [-0.2, 0) is 25.7 Å². The van der Waals surface area contributed by atoms with E-state index in [9.17, 15) is 14.4 Å². The molecule has 0 bridgehead atoms. The molecule has 0 N–H and O–H groups in total. The molecular formula is C11H13N3O4. The lowest BCUT2D eigenvalue weighted by Crippen LogP contribution is -2.35. The van der Waals surface area contributed by atoms with E-state index >= 15 is 0 Å². The van der Waals surface area contributed by atoms with Crippen molar-refractivity contribution >= 4 is 17.8 Å². The number of rotatable bonds is 5. The predicted molar refractivity (Wildman–Crippen MR) is 59.1 cm³/mol. The number of imide groups is 1. The van der Waals surface area contributed by atoms with Gasteiger partial charge < -0.3 is 4.74 Å². The minimum absolute atomic E-state index is 0.163. The Bertz CT molecular complexity index is 439. The van der Waals surface area contributed by atoms with Crippen molar-refractivity contribution in [2.24, 2.45) is 0 Å². The number of likely N-dealkylation sites (tertiary alicyclic amines) is 1. The van der Waals surface area contributed by atoms with Gasteiger partial charge in [0, 0.05) is 25.2 Å². The molecule has 18 heavy (non-hydrogen) atoms. The molecule has 2 rings (SSSR count). The molecule has 0 unspecified atom stereocenters. The molecule has 2 heterocycles. The van der Waals surface area contributed by atoms with Crippen molar-refractivity contribution in [3.63, 3.8) is 0 Å². The zero-order valence-electron chi connectivity index (χ0n) is 9.74. The van der Waals surface area contributed by atoms with E-state index in [1.54, 1.807) is 23.1 Å². The molecule has 0 saturated carbocycles. The smallest absolute Gasteiger partial charge is 0.326 e. The molecule has 0 aliphatic carbocycles. The maximum atomic E-state index is 11.4. The van der Waals surface area contributed by atoms with Crippen molar-refractivity contribution < 1.29 is 19.1 Å². The van der Waals surface area contributed by atoms with E-state index in [1.165, 1.54) is 0 Å². The van der Waals surface area contributed by atoms with Gasteiger partial charge >= 0.3 is 5.97 Å². The highest BCUT2D eigenvalue weighted by Crippen LogP contribution is 2.10. The molecule has 0 atom stereocenters. The molecule has 0 aromatic carbocycles. The van der Waals surface area contributed by atoms with Crippen LogP contribution in [0.1, 0.15) is 12.8 Å². The van der Waals surface area contributed by atoms with Crippen molar-refractivity contribution in [2.75, 3.05) is 13.2 Å². The zero-order valence-corrected chi connectivity index (χ0v) is 9.74. The molecule has 0 spiro atoms. The number of ether oxygens (including phenoxy) is 1. The first-order chi connectivity index (χ1) is 8.66. The second-order valence-electron chi connectivity index (χ2n) is 3.86. The summed E-state index contributed by atoms with van der Waals surface area (Å²) in [5.74, 6) is -1.21. The van der Waals surface area contributed by atoms with E-state index in [4.69, 9.17) is 4.74 Å². The fourth-order valence-electron chi connectivity index (χ4n) is 1.66. The molecule has 0 radical (unpaired) electrons. The van der Waals surface area contributed by atoms with Crippen LogP contribution in [-0.4, -0.2) is 45.6 Å². The Hall–Kier alpha value is -2.18. The van der Waals surface area contributed by atoms with Gasteiger partial charge in [0.15, 0.2) is 0 Å². The number of aromatic nitrogens is 2. The first-order valence-electron chi connectivity index (χ1n) is 5.63. The van der Waals surface area contributed by atoms with Crippen LogP contribution >= 0.6 is 0 Å². The SMILES string of the molecule is O=C(CN1C(=O)CCC1=O)OCCn1cccn1. The molecule has 1 aromatic heterocycles. The fourth-order valence-corrected chi connectivity index (χ4v) is 1.66. The number of nitrogens with zero attached hydrogens (tertiary/aromatic N) is 3. The van der Waals surface area contributed by atoms with Crippen LogP contribution in [0, 0.1) is 0 Å². The van der Waals surface area contributed by atoms with Crippen molar-refractivity contribution in [2.45, 2.75) is 19.4 Å². The second-order valence-corrected chi connectivity index (χ2v) is 3.86. The van der Waals surface area contributed by atoms with Gasteiger partial charge in [0.2, 0.25) is 11.8 Å². The van der Waals surface area contributed by atoms with Gasteiger partial charge in [0.1, 0.15) is 13.2 Å². The third-order valence-electron chi connectivity index (χ3n) is 2.58. The molecule has 96 valence electrons. The van der Waals surface area contributed by atoms with Crippen molar-refractivity contribution in [3.05, 3.63) is 18.5 Å². The number of carbonyl (C=O) groups is 3. The van der Waals surface area contributed by atoms with Crippen LogP contribution in [0.2, 0.25) is 0 Å². The summed E-state index contributed by atoms with van der Waals surface area (Å²) in [7, 11) is 0. The molecular weight excluding hydrogens is 238 g/mol. The number of hydrogen-bond acceptors (Lipinski definition) is 5. The van der Waals surface area contributed by atoms with Crippen LogP contribution in [0.5, 0.6) is 0 Å². The Kier molecular flexibility index (Phi) is 3.71. The Labute approximate surface area is 103 Å². The minimum Gasteiger partial charge on any atom is -0.462 e. The summed E-state index contributed by atoms with van der Waals surface area (Å²) in [6.07, 6.45) is 3.74. The van der Waals surface area contributed by atoms with E-state index in [-0.39, 0.29) is 37.8 Å².